The molecule has 1 aromatic heterocycles. The first-order valence-electron chi connectivity index (χ1n) is 11.3. The number of benzene rings is 3. The molecule has 3 aromatic carbocycles. The zero-order valence-corrected chi connectivity index (χ0v) is 20.0. The maximum atomic E-state index is 13.9. The molecule has 1 N–H and O–H groups in total. The third-order valence-corrected chi connectivity index (χ3v) is 7.43. The van der Waals surface area contributed by atoms with E-state index in [0.29, 0.717) is 38.3 Å². The van der Waals surface area contributed by atoms with E-state index in [4.69, 9.17) is 9.47 Å². The fraction of sp³-hybridized carbons (Fsp3) is 0.107. The van der Waals surface area contributed by atoms with Gasteiger partial charge in [-0.3, -0.25) is 14.5 Å². The minimum Gasteiger partial charge on any atom is -0.503 e. The topological polar surface area (TPSA) is 89.0 Å². The van der Waals surface area contributed by atoms with Gasteiger partial charge in [-0.2, -0.15) is 0 Å². The number of hydrogen-bond acceptors (Lipinski definition) is 7. The first-order chi connectivity index (χ1) is 17.5. The number of ketones is 1. The Balaban J connectivity index is 1.46. The molecule has 1 amide bonds. The van der Waals surface area contributed by atoms with Gasteiger partial charge in [-0.1, -0.05) is 60.7 Å². The van der Waals surface area contributed by atoms with Crippen LogP contribution in [-0.2, 0) is 4.79 Å². The summed E-state index contributed by atoms with van der Waals surface area (Å²) in [5.41, 5.74) is 2.65. The first kappa shape index (κ1) is 22.1. The summed E-state index contributed by atoms with van der Waals surface area (Å²) in [6, 6.07) is 23.1. The number of hydrogen-bond donors (Lipinski definition) is 1. The van der Waals surface area contributed by atoms with Crippen molar-refractivity contribution in [1.29, 1.82) is 0 Å². The lowest BCUT2D eigenvalue weighted by Crippen LogP contribution is -2.31. The predicted molar refractivity (Wildman–Crippen MR) is 136 cm³/mol. The van der Waals surface area contributed by atoms with E-state index < -0.39 is 23.5 Å². The Morgan fingerprint density at radius 2 is 1.69 bits per heavy atom. The van der Waals surface area contributed by atoms with Crippen LogP contribution in [0.15, 0.2) is 90.2 Å². The molecular weight excluding hydrogens is 476 g/mol. The summed E-state index contributed by atoms with van der Waals surface area (Å²) in [4.78, 5) is 33.8. The van der Waals surface area contributed by atoms with E-state index in [0.717, 1.165) is 5.56 Å². The van der Waals surface area contributed by atoms with Crippen molar-refractivity contribution < 1.29 is 24.2 Å². The molecule has 0 radical (unpaired) electrons. The van der Waals surface area contributed by atoms with E-state index in [1.165, 1.54) is 16.2 Å². The van der Waals surface area contributed by atoms with E-state index in [1.807, 2.05) is 60.7 Å². The molecule has 3 heterocycles. The monoisotopic (exact) mass is 496 g/mol. The Bertz CT molecular complexity index is 1530. The lowest BCUT2D eigenvalue weighted by Gasteiger charge is -2.27. The highest BCUT2D eigenvalue weighted by atomic mass is 32.1. The van der Waals surface area contributed by atoms with Crippen molar-refractivity contribution in [3.05, 3.63) is 106 Å². The second kappa shape index (κ2) is 8.66. The Labute approximate surface area is 210 Å². The quantitative estimate of drug-likeness (QED) is 0.360. The van der Waals surface area contributed by atoms with Crippen molar-refractivity contribution in [2.24, 2.45) is 0 Å². The van der Waals surface area contributed by atoms with Crippen LogP contribution in [0.25, 0.3) is 10.6 Å². The van der Waals surface area contributed by atoms with Crippen LogP contribution in [0.5, 0.6) is 11.5 Å². The van der Waals surface area contributed by atoms with Crippen LogP contribution in [0.2, 0.25) is 0 Å². The molecule has 36 heavy (non-hydrogen) atoms. The molecule has 1 unspecified atom stereocenters. The largest absolute Gasteiger partial charge is 0.503 e. The summed E-state index contributed by atoms with van der Waals surface area (Å²) < 4.78 is 10.9. The fourth-order valence-electron chi connectivity index (χ4n) is 4.52. The molecule has 2 aliphatic heterocycles. The molecule has 6 rings (SSSR count). The Morgan fingerprint density at radius 3 is 2.44 bits per heavy atom. The average molecular weight is 497 g/mol. The second-order valence-electron chi connectivity index (χ2n) is 8.42. The van der Waals surface area contributed by atoms with Gasteiger partial charge < -0.3 is 14.6 Å². The number of aryl methyl sites for hydroxylation is 1. The highest BCUT2D eigenvalue weighted by Crippen LogP contribution is 2.45. The third-order valence-electron chi connectivity index (χ3n) is 6.23. The molecule has 0 fully saturated rings. The van der Waals surface area contributed by atoms with Gasteiger partial charge in [0.15, 0.2) is 17.3 Å². The first-order valence-corrected chi connectivity index (χ1v) is 12.1. The molecular formula is C28H20N2O5S. The van der Waals surface area contributed by atoms with Gasteiger partial charge in [-0.05, 0) is 24.6 Å². The Kier molecular flexibility index (Phi) is 5.30. The van der Waals surface area contributed by atoms with Gasteiger partial charge in [-0.15, -0.1) is 11.3 Å². The predicted octanol–water partition coefficient (Wildman–Crippen LogP) is 5.63. The summed E-state index contributed by atoms with van der Waals surface area (Å²) in [5, 5.41) is 11.8. The number of amides is 1. The Hall–Kier alpha value is -4.43. The number of rotatable bonds is 5. The van der Waals surface area contributed by atoms with E-state index in [2.05, 4.69) is 4.98 Å². The number of aliphatic hydroxyl groups excluding tert-OH is 1. The van der Waals surface area contributed by atoms with Gasteiger partial charge in [0.1, 0.15) is 5.01 Å². The van der Waals surface area contributed by atoms with Gasteiger partial charge in [-0.25, -0.2) is 4.98 Å². The minimum atomic E-state index is -0.826. The van der Waals surface area contributed by atoms with Gasteiger partial charge in [0.05, 0.1) is 22.2 Å². The van der Waals surface area contributed by atoms with E-state index >= 15 is 0 Å². The maximum Gasteiger partial charge on any atom is 0.294 e. The van der Waals surface area contributed by atoms with Crippen molar-refractivity contribution >= 4 is 28.7 Å². The number of aliphatic hydroxyl groups is 1. The molecule has 0 saturated heterocycles. The number of carbonyl (C=O) groups is 2. The van der Waals surface area contributed by atoms with Crippen LogP contribution >= 0.6 is 11.3 Å². The summed E-state index contributed by atoms with van der Waals surface area (Å²) in [6.07, 6.45) is 0. The highest BCUT2D eigenvalue weighted by Gasteiger charge is 2.45. The smallest absolute Gasteiger partial charge is 0.294 e. The summed E-state index contributed by atoms with van der Waals surface area (Å²) in [5.74, 6) is -0.576. The van der Waals surface area contributed by atoms with Crippen LogP contribution < -0.4 is 14.4 Å². The molecule has 0 bridgehead atoms. The lowest BCUT2D eigenvalue weighted by atomic mass is 9.95. The number of fused-ring (bicyclic) bond motifs is 1. The lowest BCUT2D eigenvalue weighted by molar-refractivity contribution is -0.117. The van der Waals surface area contributed by atoms with Crippen LogP contribution in [0.3, 0.4) is 0 Å². The SMILES string of the molecule is Cc1nc(-c2ccccc2)sc1C(=O)C1=C(O)C(=O)N(c2ccc3c(c2)OCO3)C1c1ccccc1. The molecule has 7 nitrogen and oxygen atoms in total. The standard InChI is InChI=1S/C28H20N2O5S/c1-16-26(36-27(29-16)18-10-6-3-7-11-18)24(31)22-23(17-8-4-2-5-9-17)30(28(33)25(22)32)19-12-13-20-21(14-19)35-15-34-20/h2-14,23,32H,15H2,1H3. The zero-order valence-electron chi connectivity index (χ0n) is 19.2. The van der Waals surface area contributed by atoms with Crippen molar-refractivity contribution in [2.75, 3.05) is 11.7 Å². The van der Waals surface area contributed by atoms with E-state index in [-0.39, 0.29) is 12.4 Å². The number of carbonyl (C=O) groups excluding carboxylic acids is 2. The van der Waals surface area contributed by atoms with Crippen LogP contribution in [0.4, 0.5) is 5.69 Å². The third kappa shape index (κ3) is 3.54. The molecule has 8 heteroatoms. The van der Waals surface area contributed by atoms with Gasteiger partial charge in [0.2, 0.25) is 12.6 Å². The van der Waals surface area contributed by atoms with Crippen molar-refractivity contribution in [1.82, 2.24) is 4.98 Å². The minimum absolute atomic E-state index is 0.0234. The van der Waals surface area contributed by atoms with Crippen molar-refractivity contribution in [3.8, 4) is 22.1 Å². The van der Waals surface area contributed by atoms with Gasteiger partial charge in [0, 0.05) is 17.3 Å². The molecule has 0 aliphatic carbocycles. The molecule has 4 aromatic rings. The highest BCUT2D eigenvalue weighted by molar-refractivity contribution is 7.17. The summed E-state index contributed by atoms with van der Waals surface area (Å²) in [6.45, 7) is 1.86. The molecule has 2 aliphatic rings. The van der Waals surface area contributed by atoms with E-state index in [1.54, 1.807) is 25.1 Å². The molecule has 0 saturated carbocycles. The maximum absolute atomic E-state index is 13.9. The zero-order chi connectivity index (χ0) is 24.8. The van der Waals surface area contributed by atoms with Gasteiger partial charge in [0.25, 0.3) is 5.91 Å². The molecule has 0 spiro atoms. The molecule has 1 atom stereocenters. The number of Topliss-reactive ketones (excluding diaryl/α,β-unsaturated/α-hetero) is 1. The fourth-order valence-corrected chi connectivity index (χ4v) is 5.55. The van der Waals surface area contributed by atoms with Crippen LogP contribution in [0, 0.1) is 6.92 Å². The second-order valence-corrected chi connectivity index (χ2v) is 9.42. The number of nitrogens with zero attached hydrogens (tertiary/aromatic N) is 2. The van der Waals surface area contributed by atoms with E-state index in [9.17, 15) is 14.7 Å². The summed E-state index contributed by atoms with van der Waals surface area (Å²) >= 11 is 1.25. The van der Waals surface area contributed by atoms with Gasteiger partial charge >= 0.3 is 0 Å². The number of aromatic nitrogens is 1. The number of anilines is 1. The summed E-state index contributed by atoms with van der Waals surface area (Å²) in [7, 11) is 0. The molecule has 178 valence electrons. The van der Waals surface area contributed by atoms with Crippen LogP contribution in [-0.4, -0.2) is 28.6 Å². The van der Waals surface area contributed by atoms with Crippen LogP contribution in [0.1, 0.15) is 27.0 Å². The van der Waals surface area contributed by atoms with Crippen molar-refractivity contribution in [3.63, 3.8) is 0 Å². The van der Waals surface area contributed by atoms with Crippen molar-refractivity contribution in [2.45, 2.75) is 13.0 Å². The average Bonchev–Trinajstić information content (AvgIpc) is 3.61. The number of thiazole rings is 1. The Morgan fingerprint density at radius 1 is 1.00 bits per heavy atom. The number of ether oxygens (including phenoxy) is 2. The normalized spacial score (nSPS) is 16.6.